The Bertz CT molecular complexity index is 816. The number of allylic oxidation sites excluding steroid dienone is 2. The summed E-state index contributed by atoms with van der Waals surface area (Å²) in [5, 5.41) is 10.3. The lowest BCUT2D eigenvalue weighted by Crippen LogP contribution is -2.32. The topological polar surface area (TPSA) is 61.2 Å². The monoisotopic (exact) mass is 338 g/mol. The van der Waals surface area contributed by atoms with Gasteiger partial charge in [-0.3, -0.25) is 9.59 Å². The van der Waals surface area contributed by atoms with E-state index >= 15 is 0 Å². The van der Waals surface area contributed by atoms with Gasteiger partial charge in [-0.2, -0.15) is 5.26 Å². The molecule has 4 aliphatic rings. The van der Waals surface area contributed by atoms with Crippen molar-refractivity contribution in [2.24, 2.45) is 29.6 Å². The van der Waals surface area contributed by atoms with Gasteiger partial charge in [0.15, 0.2) is 0 Å². The van der Waals surface area contributed by atoms with Crippen molar-refractivity contribution in [3.63, 3.8) is 0 Å². The minimum absolute atomic E-state index is 0.0787. The number of imide groups is 1. The van der Waals surface area contributed by atoms with Gasteiger partial charge in [0.25, 0.3) is 0 Å². The molecule has 24 heavy (non-hydrogen) atoms. The number of nitrogens with zero attached hydrogens (tertiary/aromatic N) is 2. The maximum Gasteiger partial charge on any atom is 0.238 e. The maximum absolute atomic E-state index is 13.0. The van der Waals surface area contributed by atoms with Crippen LogP contribution in [0.4, 0.5) is 5.00 Å². The fraction of sp³-hybridized carbons (Fsp3) is 0.526. The molecule has 5 atom stereocenters. The first-order valence-electron chi connectivity index (χ1n) is 8.71. The van der Waals surface area contributed by atoms with Gasteiger partial charge in [-0.25, -0.2) is 4.90 Å². The first-order valence-corrected chi connectivity index (χ1v) is 9.52. The SMILES string of the molecule is C[C@H]1CCc2sc(N3C(=O)[C@@H]4[C@H](C3=O)[C@H]3C=C[C@@H]4C3)c(C#N)c2C1. The van der Waals surface area contributed by atoms with Crippen molar-refractivity contribution < 1.29 is 9.59 Å². The van der Waals surface area contributed by atoms with Crippen LogP contribution in [-0.4, -0.2) is 11.8 Å². The van der Waals surface area contributed by atoms with Gasteiger partial charge >= 0.3 is 0 Å². The lowest BCUT2D eigenvalue weighted by atomic mass is 9.85. The number of amides is 2. The molecule has 0 aromatic carbocycles. The van der Waals surface area contributed by atoms with E-state index in [9.17, 15) is 14.9 Å². The summed E-state index contributed by atoms with van der Waals surface area (Å²) in [6, 6.07) is 2.29. The number of carbonyl (C=O) groups is 2. The van der Waals surface area contributed by atoms with Crippen molar-refractivity contribution in [2.45, 2.75) is 32.6 Å². The van der Waals surface area contributed by atoms with Crippen LogP contribution in [0.15, 0.2) is 12.2 Å². The quantitative estimate of drug-likeness (QED) is 0.584. The Labute approximate surface area is 144 Å². The lowest BCUT2D eigenvalue weighted by Gasteiger charge is -2.18. The van der Waals surface area contributed by atoms with E-state index in [0.29, 0.717) is 16.5 Å². The maximum atomic E-state index is 13.0. The molecule has 0 unspecified atom stereocenters. The number of hydrogen-bond donors (Lipinski definition) is 0. The van der Waals surface area contributed by atoms with Gasteiger partial charge in [-0.15, -0.1) is 11.3 Å². The number of carbonyl (C=O) groups excluding carboxylic acids is 2. The molecule has 2 heterocycles. The van der Waals surface area contributed by atoms with Gasteiger partial charge in [0.1, 0.15) is 11.1 Å². The number of rotatable bonds is 1. The zero-order valence-electron chi connectivity index (χ0n) is 13.5. The summed E-state index contributed by atoms with van der Waals surface area (Å²) in [5.41, 5.74) is 1.65. The van der Waals surface area contributed by atoms with Crippen LogP contribution in [0.3, 0.4) is 0 Å². The highest BCUT2D eigenvalue weighted by Gasteiger charge is 2.60. The Hall–Kier alpha value is -1.93. The molecule has 0 spiro atoms. The van der Waals surface area contributed by atoms with E-state index in [-0.39, 0.29) is 35.5 Å². The van der Waals surface area contributed by atoms with Crippen molar-refractivity contribution >= 4 is 28.2 Å². The Kier molecular flexibility index (Phi) is 2.88. The van der Waals surface area contributed by atoms with Crippen LogP contribution in [0.25, 0.3) is 0 Å². The fourth-order valence-corrected chi connectivity index (χ4v) is 6.42. The zero-order valence-corrected chi connectivity index (χ0v) is 14.3. The third-order valence-corrected chi connectivity index (χ3v) is 7.55. The molecule has 1 saturated heterocycles. The minimum atomic E-state index is -0.197. The second kappa shape index (κ2) is 4.80. The summed E-state index contributed by atoms with van der Waals surface area (Å²) in [4.78, 5) is 28.6. The molecular weight excluding hydrogens is 320 g/mol. The van der Waals surface area contributed by atoms with Gasteiger partial charge in [-0.05, 0) is 49.0 Å². The normalized spacial score (nSPS) is 36.2. The molecule has 3 aliphatic carbocycles. The molecule has 1 aliphatic heterocycles. The minimum Gasteiger partial charge on any atom is -0.274 e. The van der Waals surface area contributed by atoms with Crippen molar-refractivity contribution in [1.29, 1.82) is 5.26 Å². The molecule has 4 nitrogen and oxygen atoms in total. The van der Waals surface area contributed by atoms with Gasteiger partial charge in [0.05, 0.1) is 17.4 Å². The molecule has 122 valence electrons. The molecular formula is C19H18N2O2S. The fourth-order valence-electron chi connectivity index (χ4n) is 5.12. The van der Waals surface area contributed by atoms with Crippen molar-refractivity contribution in [3.8, 4) is 6.07 Å². The Morgan fingerprint density at radius 3 is 2.50 bits per heavy atom. The van der Waals surface area contributed by atoms with E-state index < -0.39 is 0 Å². The number of aryl methyl sites for hydroxylation is 1. The molecule has 1 saturated carbocycles. The predicted molar refractivity (Wildman–Crippen MR) is 90.4 cm³/mol. The van der Waals surface area contributed by atoms with Crippen LogP contribution in [-0.2, 0) is 22.4 Å². The highest BCUT2D eigenvalue weighted by molar-refractivity contribution is 7.17. The van der Waals surface area contributed by atoms with Gasteiger partial charge < -0.3 is 0 Å². The van der Waals surface area contributed by atoms with Crippen LogP contribution in [0, 0.1) is 40.9 Å². The van der Waals surface area contributed by atoms with E-state index in [1.54, 1.807) is 0 Å². The van der Waals surface area contributed by atoms with Crippen LogP contribution < -0.4 is 4.90 Å². The largest absolute Gasteiger partial charge is 0.274 e. The van der Waals surface area contributed by atoms with E-state index in [4.69, 9.17) is 0 Å². The summed E-state index contributed by atoms with van der Waals surface area (Å²) in [5.74, 6) is 0.420. The summed E-state index contributed by atoms with van der Waals surface area (Å²) in [7, 11) is 0. The number of anilines is 1. The Morgan fingerprint density at radius 1 is 1.21 bits per heavy atom. The van der Waals surface area contributed by atoms with Crippen LogP contribution >= 0.6 is 11.3 Å². The van der Waals surface area contributed by atoms with Crippen molar-refractivity contribution in [2.75, 3.05) is 4.90 Å². The van der Waals surface area contributed by atoms with Gasteiger partial charge in [-0.1, -0.05) is 19.1 Å². The van der Waals surface area contributed by atoms with Crippen molar-refractivity contribution in [3.05, 3.63) is 28.2 Å². The molecule has 2 fully saturated rings. The number of hydrogen-bond acceptors (Lipinski definition) is 4. The third-order valence-electron chi connectivity index (χ3n) is 6.27. The Balaban J connectivity index is 1.60. The number of fused-ring (bicyclic) bond motifs is 6. The second-order valence-corrected chi connectivity index (χ2v) is 8.74. The third kappa shape index (κ3) is 1.67. The van der Waals surface area contributed by atoms with E-state index in [2.05, 4.69) is 25.1 Å². The zero-order chi connectivity index (χ0) is 16.6. The van der Waals surface area contributed by atoms with Gasteiger partial charge in [0, 0.05) is 4.88 Å². The molecule has 1 aromatic heterocycles. The first kappa shape index (κ1) is 14.4. The molecule has 5 heteroatoms. The van der Waals surface area contributed by atoms with E-state index in [1.165, 1.54) is 21.1 Å². The average molecular weight is 338 g/mol. The average Bonchev–Trinajstić information content (AvgIpc) is 3.29. The molecule has 2 amide bonds. The smallest absolute Gasteiger partial charge is 0.238 e. The molecule has 0 N–H and O–H groups in total. The van der Waals surface area contributed by atoms with Crippen LogP contribution in [0.2, 0.25) is 0 Å². The number of nitriles is 1. The second-order valence-electron chi connectivity index (χ2n) is 7.66. The van der Waals surface area contributed by atoms with Crippen LogP contribution in [0.5, 0.6) is 0 Å². The van der Waals surface area contributed by atoms with Gasteiger partial charge in [0.2, 0.25) is 11.8 Å². The highest BCUT2D eigenvalue weighted by Crippen LogP contribution is 2.54. The lowest BCUT2D eigenvalue weighted by molar-refractivity contribution is -0.123. The predicted octanol–water partition coefficient (Wildman–Crippen LogP) is 3.06. The molecule has 0 radical (unpaired) electrons. The summed E-state index contributed by atoms with van der Waals surface area (Å²) < 4.78 is 0. The van der Waals surface area contributed by atoms with Crippen LogP contribution in [0.1, 0.15) is 35.8 Å². The van der Waals surface area contributed by atoms with E-state index in [0.717, 1.165) is 31.2 Å². The Morgan fingerprint density at radius 2 is 1.88 bits per heavy atom. The van der Waals surface area contributed by atoms with E-state index in [1.807, 2.05) is 0 Å². The summed E-state index contributed by atoms with van der Waals surface area (Å²) in [6.07, 6.45) is 8.08. The van der Waals surface area contributed by atoms with Crippen molar-refractivity contribution in [1.82, 2.24) is 0 Å². The summed E-state index contributed by atoms with van der Waals surface area (Å²) in [6.45, 7) is 2.20. The summed E-state index contributed by atoms with van der Waals surface area (Å²) >= 11 is 1.50. The molecule has 5 rings (SSSR count). The molecule has 1 aromatic rings. The molecule has 2 bridgehead atoms. The number of thiophene rings is 1. The standard InChI is InChI=1S/C19H18N2O2S/c1-9-2-5-14-12(6-9)13(8-20)19(24-14)21-17(22)15-10-3-4-11(7-10)16(15)18(21)23/h3-4,9-11,15-16H,2,5-7H2,1H3/t9-,10-,11+,15+,16-/m0/s1. The highest BCUT2D eigenvalue weighted by atomic mass is 32.1. The first-order chi connectivity index (χ1) is 11.6.